The van der Waals surface area contributed by atoms with E-state index in [1.54, 1.807) is 11.3 Å². The van der Waals surface area contributed by atoms with Crippen LogP contribution in [0.5, 0.6) is 0 Å². The number of rotatable bonds is 2. The normalized spacial score (nSPS) is 20.9. The molecule has 3 rings (SSSR count). The van der Waals surface area contributed by atoms with Crippen LogP contribution in [0.15, 0.2) is 11.4 Å². The highest BCUT2D eigenvalue weighted by atomic mass is 35.5. The van der Waals surface area contributed by atoms with Crippen molar-refractivity contribution in [3.63, 3.8) is 0 Å². The Bertz CT molecular complexity index is 458. The van der Waals surface area contributed by atoms with Gasteiger partial charge < -0.3 is 10.2 Å². The Morgan fingerprint density at radius 3 is 2.75 bits per heavy atom. The van der Waals surface area contributed by atoms with E-state index in [1.165, 1.54) is 24.8 Å². The van der Waals surface area contributed by atoms with Crippen molar-refractivity contribution in [3.05, 3.63) is 21.9 Å². The molecule has 2 aliphatic heterocycles. The zero-order valence-corrected chi connectivity index (χ0v) is 13.6. The second-order valence-corrected chi connectivity index (χ2v) is 6.76. The molecular weight excluding hydrogens is 292 g/mol. The van der Waals surface area contributed by atoms with E-state index in [0.717, 1.165) is 37.5 Å². The fourth-order valence-electron chi connectivity index (χ4n) is 3.35. The Hall–Kier alpha value is -0.580. The first-order valence-electron chi connectivity index (χ1n) is 7.30. The lowest BCUT2D eigenvalue weighted by atomic mass is 9.78. The van der Waals surface area contributed by atoms with E-state index in [1.807, 2.05) is 5.38 Å². The molecule has 1 N–H and O–H groups in total. The number of carbonyl (C=O) groups excluding carboxylic acids is 1. The van der Waals surface area contributed by atoms with E-state index in [0.29, 0.717) is 5.41 Å². The standard InChI is InChI=1S/C15H22N2OS.ClH/c1-2-12-3-10-19-13(12)14(18)17-8-5-15(6-9-17)4-7-16-11-15;/h3,10,16H,2,4-9,11H2,1H3;1H. The Labute approximate surface area is 131 Å². The molecule has 112 valence electrons. The molecule has 3 nitrogen and oxygen atoms in total. The summed E-state index contributed by atoms with van der Waals surface area (Å²) in [7, 11) is 0. The first-order valence-corrected chi connectivity index (χ1v) is 8.18. The number of hydrogen-bond acceptors (Lipinski definition) is 3. The Morgan fingerprint density at radius 2 is 2.15 bits per heavy atom. The van der Waals surface area contributed by atoms with Gasteiger partial charge >= 0.3 is 0 Å². The zero-order chi connectivity index (χ0) is 13.3. The highest BCUT2D eigenvalue weighted by Gasteiger charge is 2.38. The summed E-state index contributed by atoms with van der Waals surface area (Å²) in [5, 5.41) is 5.51. The molecule has 1 spiro atoms. The number of carbonyl (C=O) groups is 1. The lowest BCUT2D eigenvalue weighted by Crippen LogP contribution is -2.44. The summed E-state index contributed by atoms with van der Waals surface area (Å²) < 4.78 is 0. The fourth-order valence-corrected chi connectivity index (χ4v) is 4.31. The number of aryl methyl sites for hydroxylation is 1. The summed E-state index contributed by atoms with van der Waals surface area (Å²) in [5.41, 5.74) is 1.69. The van der Waals surface area contributed by atoms with Crippen LogP contribution in [-0.2, 0) is 6.42 Å². The van der Waals surface area contributed by atoms with Crippen molar-refractivity contribution in [2.75, 3.05) is 26.2 Å². The topological polar surface area (TPSA) is 32.3 Å². The molecule has 20 heavy (non-hydrogen) atoms. The van der Waals surface area contributed by atoms with Gasteiger partial charge in [-0.05, 0) is 54.7 Å². The molecule has 0 atom stereocenters. The molecule has 2 aliphatic rings. The van der Waals surface area contributed by atoms with Gasteiger partial charge in [-0.1, -0.05) is 6.92 Å². The average Bonchev–Trinajstić information content (AvgIpc) is 3.08. The lowest BCUT2D eigenvalue weighted by Gasteiger charge is -2.38. The lowest BCUT2D eigenvalue weighted by molar-refractivity contribution is 0.0611. The quantitative estimate of drug-likeness (QED) is 0.910. The van der Waals surface area contributed by atoms with Gasteiger partial charge in [0.25, 0.3) is 5.91 Å². The molecule has 5 heteroatoms. The summed E-state index contributed by atoms with van der Waals surface area (Å²) in [4.78, 5) is 15.6. The van der Waals surface area contributed by atoms with Crippen molar-refractivity contribution in [2.24, 2.45) is 5.41 Å². The predicted octanol–water partition coefficient (Wildman–Crippen LogP) is 2.95. The van der Waals surface area contributed by atoms with Crippen LogP contribution in [0.3, 0.4) is 0 Å². The summed E-state index contributed by atoms with van der Waals surface area (Å²) in [6.45, 7) is 6.28. The third-order valence-corrected chi connectivity index (χ3v) is 5.71. The number of piperidine rings is 1. The summed E-state index contributed by atoms with van der Waals surface area (Å²) >= 11 is 1.60. The molecule has 2 saturated heterocycles. The molecule has 1 amide bonds. The molecule has 1 aromatic heterocycles. The van der Waals surface area contributed by atoms with Crippen LogP contribution in [-0.4, -0.2) is 37.0 Å². The fraction of sp³-hybridized carbons (Fsp3) is 0.667. The first kappa shape index (κ1) is 15.8. The Balaban J connectivity index is 0.00000147. The molecule has 0 saturated carbocycles. The average molecular weight is 315 g/mol. The van der Waals surface area contributed by atoms with Crippen molar-refractivity contribution in [3.8, 4) is 0 Å². The van der Waals surface area contributed by atoms with Gasteiger partial charge in [-0.25, -0.2) is 0 Å². The highest BCUT2D eigenvalue weighted by Crippen LogP contribution is 2.37. The van der Waals surface area contributed by atoms with E-state index >= 15 is 0 Å². The number of amides is 1. The van der Waals surface area contributed by atoms with Crippen LogP contribution in [0, 0.1) is 5.41 Å². The second kappa shape index (κ2) is 6.46. The third kappa shape index (κ3) is 2.87. The number of hydrogen-bond donors (Lipinski definition) is 1. The minimum Gasteiger partial charge on any atom is -0.338 e. The second-order valence-electron chi connectivity index (χ2n) is 5.85. The Morgan fingerprint density at radius 1 is 1.40 bits per heavy atom. The summed E-state index contributed by atoms with van der Waals surface area (Å²) in [6.07, 6.45) is 4.57. The van der Waals surface area contributed by atoms with Gasteiger partial charge in [-0.3, -0.25) is 4.79 Å². The number of likely N-dealkylation sites (tertiary alicyclic amines) is 1. The molecule has 0 bridgehead atoms. The smallest absolute Gasteiger partial charge is 0.264 e. The van der Waals surface area contributed by atoms with Crippen molar-refractivity contribution in [1.29, 1.82) is 0 Å². The molecule has 3 heterocycles. The van der Waals surface area contributed by atoms with Crippen LogP contribution in [0.25, 0.3) is 0 Å². The van der Waals surface area contributed by atoms with Gasteiger partial charge in [-0.2, -0.15) is 0 Å². The van der Waals surface area contributed by atoms with Crippen LogP contribution >= 0.6 is 23.7 Å². The predicted molar refractivity (Wildman–Crippen MR) is 86.0 cm³/mol. The SMILES string of the molecule is CCc1ccsc1C(=O)N1CCC2(CCNC2)CC1.Cl. The van der Waals surface area contributed by atoms with Gasteiger partial charge in [0.15, 0.2) is 0 Å². The number of thiophene rings is 1. The first-order chi connectivity index (χ1) is 9.24. The van der Waals surface area contributed by atoms with E-state index in [-0.39, 0.29) is 18.3 Å². The van der Waals surface area contributed by atoms with Gasteiger partial charge in [-0.15, -0.1) is 23.7 Å². The summed E-state index contributed by atoms with van der Waals surface area (Å²) in [6, 6.07) is 2.09. The minimum atomic E-state index is 0. The maximum Gasteiger partial charge on any atom is 0.264 e. The number of nitrogens with one attached hydrogen (secondary N) is 1. The third-order valence-electron chi connectivity index (χ3n) is 4.77. The number of halogens is 1. The largest absolute Gasteiger partial charge is 0.338 e. The van der Waals surface area contributed by atoms with Gasteiger partial charge in [0, 0.05) is 19.6 Å². The van der Waals surface area contributed by atoms with Crippen molar-refractivity contribution in [1.82, 2.24) is 10.2 Å². The van der Waals surface area contributed by atoms with Gasteiger partial charge in [0.2, 0.25) is 0 Å². The van der Waals surface area contributed by atoms with E-state index in [9.17, 15) is 4.79 Å². The number of nitrogens with zero attached hydrogens (tertiary/aromatic N) is 1. The molecule has 0 radical (unpaired) electrons. The minimum absolute atomic E-state index is 0. The van der Waals surface area contributed by atoms with Crippen molar-refractivity contribution >= 4 is 29.7 Å². The summed E-state index contributed by atoms with van der Waals surface area (Å²) in [5.74, 6) is 0.257. The van der Waals surface area contributed by atoms with Crippen LogP contribution in [0.1, 0.15) is 41.4 Å². The monoisotopic (exact) mass is 314 g/mol. The van der Waals surface area contributed by atoms with E-state index in [4.69, 9.17) is 0 Å². The molecule has 0 aromatic carbocycles. The van der Waals surface area contributed by atoms with Crippen LogP contribution in [0.2, 0.25) is 0 Å². The highest BCUT2D eigenvalue weighted by molar-refractivity contribution is 7.12. The maximum atomic E-state index is 12.6. The zero-order valence-electron chi connectivity index (χ0n) is 12.0. The molecule has 2 fully saturated rings. The molecule has 1 aromatic rings. The van der Waals surface area contributed by atoms with Crippen LogP contribution in [0.4, 0.5) is 0 Å². The maximum absolute atomic E-state index is 12.6. The molecular formula is C15H23ClN2OS. The van der Waals surface area contributed by atoms with Crippen LogP contribution < -0.4 is 5.32 Å². The van der Waals surface area contributed by atoms with E-state index in [2.05, 4.69) is 23.2 Å². The molecule has 0 unspecified atom stereocenters. The van der Waals surface area contributed by atoms with Crippen molar-refractivity contribution in [2.45, 2.75) is 32.6 Å². The Kier molecular flexibility index (Phi) is 5.10. The van der Waals surface area contributed by atoms with Crippen molar-refractivity contribution < 1.29 is 4.79 Å². The molecule has 0 aliphatic carbocycles. The van der Waals surface area contributed by atoms with E-state index < -0.39 is 0 Å². The van der Waals surface area contributed by atoms with Gasteiger partial charge in [0.1, 0.15) is 0 Å². The van der Waals surface area contributed by atoms with Gasteiger partial charge in [0.05, 0.1) is 4.88 Å².